The Labute approximate surface area is 86.3 Å². The zero-order chi connectivity index (χ0) is 10.9. The van der Waals surface area contributed by atoms with E-state index in [-0.39, 0.29) is 6.61 Å². The lowest BCUT2D eigenvalue weighted by atomic mass is 10.0. The zero-order valence-electron chi connectivity index (χ0n) is 9.25. The lowest BCUT2D eigenvalue weighted by Gasteiger charge is -2.21. The molecule has 0 aromatic heterocycles. The highest BCUT2D eigenvalue weighted by Gasteiger charge is 2.15. The largest absolute Gasteiger partial charge is 0.394 e. The van der Waals surface area contributed by atoms with Gasteiger partial charge in [0.25, 0.3) is 0 Å². The van der Waals surface area contributed by atoms with Crippen LogP contribution in [0.15, 0.2) is 0 Å². The third-order valence-corrected chi connectivity index (χ3v) is 2.15. The van der Waals surface area contributed by atoms with Crippen LogP contribution < -0.4 is 5.32 Å². The summed E-state index contributed by atoms with van der Waals surface area (Å²) in [6, 6.07) is 0. The van der Waals surface area contributed by atoms with Crippen molar-refractivity contribution in [2.45, 2.75) is 32.3 Å². The maximum atomic E-state index is 9.64. The molecule has 86 valence electrons. The first kappa shape index (κ1) is 13.8. The van der Waals surface area contributed by atoms with Crippen LogP contribution in [0.2, 0.25) is 0 Å². The second kappa shape index (κ2) is 8.17. The highest BCUT2D eigenvalue weighted by molar-refractivity contribution is 4.72. The summed E-state index contributed by atoms with van der Waals surface area (Å²) in [5.74, 6) is 0. The fourth-order valence-corrected chi connectivity index (χ4v) is 0.949. The molecule has 14 heavy (non-hydrogen) atoms. The van der Waals surface area contributed by atoms with Crippen LogP contribution in [0.25, 0.3) is 0 Å². The van der Waals surface area contributed by atoms with Crippen LogP contribution >= 0.6 is 0 Å². The minimum absolute atomic E-state index is 0.0813. The summed E-state index contributed by atoms with van der Waals surface area (Å²) in [6.07, 6.45) is 1.65. The second-order valence-electron chi connectivity index (χ2n) is 3.72. The molecule has 0 fully saturated rings. The molecule has 1 unspecified atom stereocenters. The first-order chi connectivity index (χ1) is 6.62. The van der Waals surface area contributed by atoms with Crippen molar-refractivity contribution >= 4 is 0 Å². The number of ether oxygens (including phenoxy) is 1. The lowest BCUT2D eigenvalue weighted by Crippen LogP contribution is -2.37. The van der Waals surface area contributed by atoms with E-state index in [0.29, 0.717) is 19.8 Å². The standard InChI is InChI=1S/C10H23NO3/c1-3-10(2,13)9-11-5-4-7-14-8-6-12/h11-13H,3-9H2,1-2H3. The summed E-state index contributed by atoms with van der Waals surface area (Å²) in [7, 11) is 0. The molecule has 1 atom stereocenters. The number of aliphatic hydroxyl groups excluding tert-OH is 1. The Balaban J connectivity index is 3.13. The smallest absolute Gasteiger partial charge is 0.0740 e. The fourth-order valence-electron chi connectivity index (χ4n) is 0.949. The molecule has 0 rings (SSSR count). The van der Waals surface area contributed by atoms with Crippen molar-refractivity contribution in [2.24, 2.45) is 0 Å². The molecule has 0 radical (unpaired) electrons. The molecule has 0 aromatic rings. The van der Waals surface area contributed by atoms with Crippen molar-refractivity contribution in [1.82, 2.24) is 5.32 Å². The number of rotatable bonds is 9. The van der Waals surface area contributed by atoms with E-state index in [9.17, 15) is 5.11 Å². The Hall–Kier alpha value is -0.160. The van der Waals surface area contributed by atoms with E-state index < -0.39 is 5.60 Å². The fraction of sp³-hybridized carbons (Fsp3) is 1.00. The molecule has 0 saturated carbocycles. The molecule has 0 amide bonds. The van der Waals surface area contributed by atoms with Gasteiger partial charge in [0.05, 0.1) is 18.8 Å². The van der Waals surface area contributed by atoms with Gasteiger partial charge < -0.3 is 20.3 Å². The summed E-state index contributed by atoms with van der Waals surface area (Å²) in [6.45, 7) is 6.38. The van der Waals surface area contributed by atoms with E-state index in [4.69, 9.17) is 9.84 Å². The summed E-state index contributed by atoms with van der Waals surface area (Å²) >= 11 is 0. The number of nitrogens with one attached hydrogen (secondary N) is 1. The van der Waals surface area contributed by atoms with Gasteiger partial charge in [-0.15, -0.1) is 0 Å². The van der Waals surface area contributed by atoms with Crippen molar-refractivity contribution in [2.75, 3.05) is 32.9 Å². The molecule has 0 aliphatic rings. The highest BCUT2D eigenvalue weighted by Crippen LogP contribution is 2.05. The van der Waals surface area contributed by atoms with E-state index in [1.54, 1.807) is 0 Å². The van der Waals surface area contributed by atoms with Crippen LogP contribution in [0, 0.1) is 0 Å². The lowest BCUT2D eigenvalue weighted by molar-refractivity contribution is 0.0540. The van der Waals surface area contributed by atoms with Crippen LogP contribution in [0.1, 0.15) is 26.7 Å². The third-order valence-electron chi connectivity index (χ3n) is 2.15. The molecule has 4 heteroatoms. The first-order valence-electron chi connectivity index (χ1n) is 5.24. The maximum absolute atomic E-state index is 9.64. The van der Waals surface area contributed by atoms with Crippen molar-refractivity contribution in [3.05, 3.63) is 0 Å². The minimum atomic E-state index is -0.605. The molecule has 0 aliphatic heterocycles. The van der Waals surface area contributed by atoms with Crippen LogP contribution in [0.5, 0.6) is 0 Å². The van der Waals surface area contributed by atoms with E-state index in [1.807, 2.05) is 13.8 Å². The molecule has 0 spiro atoms. The molecule has 3 N–H and O–H groups in total. The van der Waals surface area contributed by atoms with E-state index in [1.165, 1.54) is 0 Å². The van der Waals surface area contributed by atoms with Gasteiger partial charge in [0, 0.05) is 13.2 Å². The van der Waals surface area contributed by atoms with Gasteiger partial charge in [-0.1, -0.05) is 6.92 Å². The van der Waals surface area contributed by atoms with Gasteiger partial charge in [-0.2, -0.15) is 0 Å². The van der Waals surface area contributed by atoms with Gasteiger partial charge in [-0.3, -0.25) is 0 Å². The normalized spacial score (nSPS) is 15.4. The van der Waals surface area contributed by atoms with Gasteiger partial charge in [0.1, 0.15) is 0 Å². The summed E-state index contributed by atoms with van der Waals surface area (Å²) in [5.41, 5.74) is -0.605. The van der Waals surface area contributed by atoms with Crippen molar-refractivity contribution in [3.63, 3.8) is 0 Å². The van der Waals surface area contributed by atoms with E-state index >= 15 is 0 Å². The molecular weight excluding hydrogens is 182 g/mol. The quantitative estimate of drug-likeness (QED) is 0.468. The third kappa shape index (κ3) is 8.44. The molecule has 0 bridgehead atoms. The monoisotopic (exact) mass is 205 g/mol. The van der Waals surface area contributed by atoms with Gasteiger partial charge in [-0.25, -0.2) is 0 Å². The topological polar surface area (TPSA) is 61.7 Å². The molecule has 0 saturated heterocycles. The van der Waals surface area contributed by atoms with Crippen LogP contribution in [0.4, 0.5) is 0 Å². The predicted molar refractivity (Wildman–Crippen MR) is 56.3 cm³/mol. The van der Waals surface area contributed by atoms with E-state index in [0.717, 1.165) is 19.4 Å². The van der Waals surface area contributed by atoms with Crippen LogP contribution in [0.3, 0.4) is 0 Å². The minimum Gasteiger partial charge on any atom is -0.394 e. The highest BCUT2D eigenvalue weighted by atomic mass is 16.5. The van der Waals surface area contributed by atoms with Gasteiger partial charge >= 0.3 is 0 Å². The van der Waals surface area contributed by atoms with Crippen molar-refractivity contribution < 1.29 is 14.9 Å². The molecular formula is C10H23NO3. The van der Waals surface area contributed by atoms with Crippen LogP contribution in [-0.2, 0) is 4.74 Å². The van der Waals surface area contributed by atoms with Crippen LogP contribution in [-0.4, -0.2) is 48.7 Å². The molecule has 0 heterocycles. The Morgan fingerprint density at radius 2 is 2.07 bits per heavy atom. The zero-order valence-corrected chi connectivity index (χ0v) is 9.25. The van der Waals surface area contributed by atoms with Gasteiger partial charge in [0.15, 0.2) is 0 Å². The molecule has 4 nitrogen and oxygen atoms in total. The summed E-state index contributed by atoms with van der Waals surface area (Å²) in [5, 5.41) is 21.2. The van der Waals surface area contributed by atoms with Crippen molar-refractivity contribution in [1.29, 1.82) is 0 Å². The number of hydrogen-bond acceptors (Lipinski definition) is 4. The van der Waals surface area contributed by atoms with Crippen molar-refractivity contribution in [3.8, 4) is 0 Å². The summed E-state index contributed by atoms with van der Waals surface area (Å²) in [4.78, 5) is 0. The van der Waals surface area contributed by atoms with E-state index in [2.05, 4.69) is 5.32 Å². The Kier molecular flexibility index (Phi) is 8.08. The first-order valence-corrected chi connectivity index (χ1v) is 5.24. The van der Waals surface area contributed by atoms with Gasteiger partial charge in [-0.05, 0) is 26.3 Å². The SMILES string of the molecule is CCC(C)(O)CNCCCOCCO. The Morgan fingerprint density at radius 3 is 2.64 bits per heavy atom. The maximum Gasteiger partial charge on any atom is 0.0740 e. The second-order valence-corrected chi connectivity index (χ2v) is 3.72. The summed E-state index contributed by atoms with van der Waals surface area (Å²) < 4.78 is 5.09. The number of hydrogen-bond donors (Lipinski definition) is 3. The average Bonchev–Trinajstić information content (AvgIpc) is 2.16. The Bertz CT molecular complexity index is 129. The predicted octanol–water partition coefficient (Wildman–Crippen LogP) is 0.136. The Morgan fingerprint density at radius 1 is 1.36 bits per heavy atom. The molecule has 0 aromatic carbocycles. The number of aliphatic hydroxyl groups is 2. The molecule has 0 aliphatic carbocycles. The average molecular weight is 205 g/mol. The van der Waals surface area contributed by atoms with Gasteiger partial charge in [0.2, 0.25) is 0 Å².